The van der Waals surface area contributed by atoms with E-state index in [1.54, 1.807) is 41.9 Å². The zero-order valence-electron chi connectivity index (χ0n) is 12.4. The second-order valence-electron chi connectivity index (χ2n) is 4.92. The number of phenols is 1. The van der Waals surface area contributed by atoms with Crippen LogP contribution in [0.5, 0.6) is 5.75 Å². The van der Waals surface area contributed by atoms with Crippen molar-refractivity contribution in [3.8, 4) is 5.75 Å². The summed E-state index contributed by atoms with van der Waals surface area (Å²) in [5, 5.41) is 14.3. The van der Waals surface area contributed by atoms with E-state index < -0.39 is 0 Å². The molecule has 2 N–H and O–H groups in total. The molecule has 0 spiro atoms. The van der Waals surface area contributed by atoms with Gasteiger partial charge < -0.3 is 10.4 Å². The maximum atomic E-state index is 12.0. The first-order valence-electron chi connectivity index (χ1n) is 7.05. The van der Waals surface area contributed by atoms with E-state index in [2.05, 4.69) is 21.4 Å². The first-order valence-corrected chi connectivity index (χ1v) is 8.85. The molecule has 0 saturated heterocycles. The van der Waals surface area contributed by atoms with Crippen LogP contribution in [0, 0.1) is 6.92 Å². The number of aromatic nitrogens is 2. The normalized spacial score (nSPS) is 10.8. The maximum absolute atomic E-state index is 12.0. The van der Waals surface area contributed by atoms with Crippen LogP contribution in [-0.2, 0) is 4.79 Å². The monoisotopic (exact) mass is 345 g/mol. The standard InChI is InChI=1S/C16H15N3O2S2/c1-10-8-11-15(17-9-18-16(11)23-10)22-7-6-14(21)19-12-4-2-3-5-13(12)20/h2-5,8-9,20H,6-7H2,1H3,(H,19,21). The summed E-state index contributed by atoms with van der Waals surface area (Å²) in [6.07, 6.45) is 1.90. The Morgan fingerprint density at radius 1 is 1.35 bits per heavy atom. The Bertz CT molecular complexity index is 848. The predicted molar refractivity (Wildman–Crippen MR) is 94.2 cm³/mol. The fourth-order valence-electron chi connectivity index (χ4n) is 2.10. The zero-order valence-corrected chi connectivity index (χ0v) is 14.1. The molecule has 3 aromatic rings. The van der Waals surface area contributed by atoms with Crippen molar-refractivity contribution in [3.63, 3.8) is 0 Å². The summed E-state index contributed by atoms with van der Waals surface area (Å²) in [6.45, 7) is 2.04. The summed E-state index contributed by atoms with van der Waals surface area (Å²) in [4.78, 5) is 22.7. The molecule has 0 fully saturated rings. The second-order valence-corrected chi connectivity index (χ2v) is 7.24. The number of benzene rings is 1. The van der Waals surface area contributed by atoms with Gasteiger partial charge in [0.05, 0.1) is 5.69 Å². The number of aromatic hydroxyl groups is 1. The fraction of sp³-hybridized carbons (Fsp3) is 0.188. The average Bonchev–Trinajstić information content (AvgIpc) is 2.91. The molecule has 0 radical (unpaired) electrons. The van der Waals surface area contributed by atoms with Gasteiger partial charge in [0.1, 0.15) is 21.9 Å². The van der Waals surface area contributed by atoms with Crippen molar-refractivity contribution in [1.29, 1.82) is 0 Å². The van der Waals surface area contributed by atoms with Crippen LogP contribution in [0.15, 0.2) is 41.7 Å². The zero-order chi connectivity index (χ0) is 16.2. The molecule has 0 bridgehead atoms. The van der Waals surface area contributed by atoms with Crippen molar-refractivity contribution in [3.05, 3.63) is 41.5 Å². The van der Waals surface area contributed by atoms with E-state index in [1.807, 2.05) is 6.92 Å². The number of phenolic OH excluding ortho intramolecular Hbond substituents is 1. The van der Waals surface area contributed by atoms with E-state index in [9.17, 15) is 9.90 Å². The number of aryl methyl sites for hydroxylation is 1. The number of amides is 1. The maximum Gasteiger partial charge on any atom is 0.225 e. The molecule has 118 valence electrons. The first kappa shape index (κ1) is 15.8. The van der Waals surface area contributed by atoms with E-state index in [0.29, 0.717) is 17.9 Å². The lowest BCUT2D eigenvalue weighted by Gasteiger charge is -2.06. The lowest BCUT2D eigenvalue weighted by Crippen LogP contribution is -2.12. The highest BCUT2D eigenvalue weighted by molar-refractivity contribution is 7.99. The fourth-order valence-corrected chi connectivity index (χ4v) is 3.93. The molecule has 0 atom stereocenters. The van der Waals surface area contributed by atoms with E-state index in [4.69, 9.17) is 0 Å². The SMILES string of the molecule is Cc1cc2c(SCCC(=O)Nc3ccccc3O)ncnc2s1. The molecule has 0 aliphatic heterocycles. The number of hydrogen-bond donors (Lipinski definition) is 2. The lowest BCUT2D eigenvalue weighted by atomic mass is 10.3. The van der Waals surface area contributed by atoms with Crippen LogP contribution >= 0.6 is 23.1 Å². The number of carbonyl (C=O) groups excluding carboxylic acids is 1. The molecule has 1 aromatic carbocycles. The summed E-state index contributed by atoms with van der Waals surface area (Å²) < 4.78 is 0. The van der Waals surface area contributed by atoms with Gasteiger partial charge in [0.15, 0.2) is 0 Å². The summed E-state index contributed by atoms with van der Waals surface area (Å²) >= 11 is 3.18. The molecule has 0 saturated carbocycles. The third-order valence-corrected chi connectivity index (χ3v) is 5.13. The number of hydrogen-bond acceptors (Lipinski definition) is 6. The van der Waals surface area contributed by atoms with E-state index in [0.717, 1.165) is 15.2 Å². The van der Waals surface area contributed by atoms with Crippen molar-refractivity contribution >= 4 is 44.9 Å². The van der Waals surface area contributed by atoms with Gasteiger partial charge in [-0.15, -0.1) is 23.1 Å². The summed E-state index contributed by atoms with van der Waals surface area (Å²) in [7, 11) is 0. The molecule has 2 heterocycles. The quantitative estimate of drug-likeness (QED) is 0.418. The highest BCUT2D eigenvalue weighted by atomic mass is 32.2. The van der Waals surface area contributed by atoms with Gasteiger partial charge in [-0.05, 0) is 25.1 Å². The van der Waals surface area contributed by atoms with Crippen LogP contribution in [0.1, 0.15) is 11.3 Å². The number of thioether (sulfide) groups is 1. The van der Waals surface area contributed by atoms with Crippen LogP contribution in [0.4, 0.5) is 5.69 Å². The van der Waals surface area contributed by atoms with Crippen molar-refractivity contribution in [1.82, 2.24) is 9.97 Å². The molecule has 2 aromatic heterocycles. The molecule has 0 unspecified atom stereocenters. The van der Waals surface area contributed by atoms with Crippen LogP contribution < -0.4 is 5.32 Å². The van der Waals surface area contributed by atoms with E-state index >= 15 is 0 Å². The minimum absolute atomic E-state index is 0.0692. The van der Waals surface area contributed by atoms with Crippen LogP contribution in [0.3, 0.4) is 0 Å². The van der Waals surface area contributed by atoms with Gasteiger partial charge in [0.2, 0.25) is 5.91 Å². The third kappa shape index (κ3) is 3.80. The van der Waals surface area contributed by atoms with Gasteiger partial charge in [-0.3, -0.25) is 4.79 Å². The Morgan fingerprint density at radius 2 is 2.17 bits per heavy atom. The van der Waals surface area contributed by atoms with Crippen LogP contribution in [-0.4, -0.2) is 26.7 Å². The Balaban J connectivity index is 1.58. The van der Waals surface area contributed by atoms with Crippen molar-refractivity contribution in [2.45, 2.75) is 18.4 Å². The Morgan fingerprint density at radius 3 is 3.00 bits per heavy atom. The largest absolute Gasteiger partial charge is 0.506 e. The van der Waals surface area contributed by atoms with Gasteiger partial charge in [-0.1, -0.05) is 12.1 Å². The third-order valence-electron chi connectivity index (χ3n) is 3.16. The average molecular weight is 345 g/mol. The molecule has 0 aliphatic carbocycles. The van der Waals surface area contributed by atoms with Crippen molar-refractivity contribution < 1.29 is 9.90 Å². The molecular weight excluding hydrogens is 330 g/mol. The van der Waals surface area contributed by atoms with Crippen molar-refractivity contribution in [2.75, 3.05) is 11.1 Å². The Hall–Kier alpha value is -2.12. The summed E-state index contributed by atoms with van der Waals surface area (Å²) in [6, 6.07) is 8.76. The molecular formula is C16H15N3O2S2. The number of anilines is 1. The lowest BCUT2D eigenvalue weighted by molar-refractivity contribution is -0.115. The van der Waals surface area contributed by atoms with Gasteiger partial charge in [-0.25, -0.2) is 9.97 Å². The van der Waals surface area contributed by atoms with Gasteiger partial charge in [0.25, 0.3) is 0 Å². The number of nitrogens with one attached hydrogen (secondary N) is 1. The molecule has 1 amide bonds. The predicted octanol–water partition coefficient (Wildman–Crippen LogP) is 3.83. The number of para-hydroxylation sites is 2. The van der Waals surface area contributed by atoms with Crippen LogP contribution in [0.25, 0.3) is 10.2 Å². The van der Waals surface area contributed by atoms with Gasteiger partial charge in [0, 0.05) is 22.4 Å². The number of fused-ring (bicyclic) bond motifs is 1. The Kier molecular flexibility index (Phi) is 4.78. The molecule has 0 aliphatic rings. The number of nitrogens with zero attached hydrogens (tertiary/aromatic N) is 2. The topological polar surface area (TPSA) is 75.1 Å². The van der Waals surface area contributed by atoms with Crippen LogP contribution in [0.2, 0.25) is 0 Å². The molecule has 23 heavy (non-hydrogen) atoms. The number of carbonyl (C=O) groups is 1. The summed E-state index contributed by atoms with van der Waals surface area (Å²) in [5.74, 6) is 0.547. The second kappa shape index (κ2) is 6.97. The number of thiophene rings is 1. The minimum atomic E-state index is -0.134. The van der Waals surface area contributed by atoms with Crippen molar-refractivity contribution in [2.24, 2.45) is 0 Å². The molecule has 5 nitrogen and oxygen atoms in total. The first-order chi connectivity index (χ1) is 11.1. The molecule has 7 heteroatoms. The highest BCUT2D eigenvalue weighted by Crippen LogP contribution is 2.30. The molecule has 3 rings (SSSR count). The minimum Gasteiger partial charge on any atom is -0.506 e. The summed E-state index contributed by atoms with van der Waals surface area (Å²) in [5.41, 5.74) is 0.431. The van der Waals surface area contributed by atoms with Gasteiger partial charge in [-0.2, -0.15) is 0 Å². The van der Waals surface area contributed by atoms with E-state index in [-0.39, 0.29) is 11.7 Å². The Labute approximate surface area is 141 Å². The highest BCUT2D eigenvalue weighted by Gasteiger charge is 2.10. The smallest absolute Gasteiger partial charge is 0.225 e. The van der Waals surface area contributed by atoms with Gasteiger partial charge >= 0.3 is 0 Å². The number of rotatable bonds is 5. The van der Waals surface area contributed by atoms with E-state index in [1.165, 1.54) is 16.6 Å².